The van der Waals surface area contributed by atoms with Crippen LogP contribution < -0.4 is 0 Å². The van der Waals surface area contributed by atoms with E-state index in [-0.39, 0.29) is 0 Å². The lowest BCUT2D eigenvalue weighted by molar-refractivity contribution is -0.108. The maximum Gasteiger partial charge on any atom is 0.123 e. The van der Waals surface area contributed by atoms with Crippen molar-refractivity contribution in [1.82, 2.24) is 0 Å². The van der Waals surface area contributed by atoms with E-state index in [0.29, 0.717) is 6.29 Å². The second-order valence-electron chi connectivity index (χ2n) is 0.951. The maximum atomic E-state index is 9.88. The second-order valence-corrected chi connectivity index (χ2v) is 0.951. The third kappa shape index (κ3) is 0.469. The molecule has 1 nitrogen and oxygen atoms in total. The van der Waals surface area contributed by atoms with E-state index in [1.807, 2.05) is 0 Å². The highest BCUT2D eigenvalue weighted by Gasteiger charge is 2.18. The minimum Gasteiger partial charge on any atom is -0.303 e. The van der Waals surface area contributed by atoms with Crippen molar-refractivity contribution in [2.75, 3.05) is 0 Å². The van der Waals surface area contributed by atoms with Crippen LogP contribution in [0.2, 0.25) is 0 Å². The van der Waals surface area contributed by atoms with Crippen molar-refractivity contribution < 1.29 is 8.91 Å². The molecule has 1 aliphatic carbocycles. The summed E-state index contributed by atoms with van der Waals surface area (Å²) in [5.41, 5.74) is 0. The summed E-state index contributed by atoms with van der Waals surface area (Å²) in [6.45, 7) is 0. The summed E-state index contributed by atoms with van der Waals surface area (Å²) in [6.07, 6.45) is -1.23. The second kappa shape index (κ2) is 0.814. The van der Waals surface area contributed by atoms with Crippen molar-refractivity contribution >= 4 is 6.29 Å². The first-order valence-corrected chi connectivity index (χ1v) is 1.44. The Bertz CT molecular complexity index is 116. The molecule has 1 fully saturated rings. The molecule has 0 aromatic heterocycles. The number of carbonyl (C=O) groups excluding carboxylic acids is 1. The van der Waals surface area contributed by atoms with E-state index in [1.54, 1.807) is 0 Å². The van der Waals surface area contributed by atoms with E-state index in [4.69, 9.17) is 4.11 Å². The summed E-state index contributed by atoms with van der Waals surface area (Å²) >= 11 is 0. The van der Waals surface area contributed by atoms with Crippen molar-refractivity contribution in [3.63, 3.8) is 0 Å². The number of carbonyl (C=O) groups is 1. The monoisotopic (exact) mass is 73.1 g/mol. The van der Waals surface area contributed by atoms with Crippen molar-refractivity contribution in [2.24, 2.45) is 5.89 Å². The zero-order valence-electron chi connectivity index (χ0n) is 5.64. The highest BCUT2D eigenvalue weighted by molar-refractivity contribution is 5.56. The van der Waals surface area contributed by atoms with Gasteiger partial charge in [0, 0.05) is 10.0 Å². The van der Waals surface area contributed by atoms with E-state index in [2.05, 4.69) is 0 Å². The summed E-state index contributed by atoms with van der Waals surface area (Å²) in [6, 6.07) is 0. The minimum atomic E-state index is -1.39. The van der Waals surface area contributed by atoms with Crippen molar-refractivity contribution in [1.29, 1.82) is 0 Å². The van der Waals surface area contributed by atoms with Gasteiger partial charge in [0.1, 0.15) is 6.29 Å². The van der Waals surface area contributed by atoms with E-state index >= 15 is 0 Å². The molecule has 28 valence electrons. The molecular weight excluding hydrogens is 64.0 g/mol. The predicted octanol–water partition coefficient (Wildman–Crippen LogP) is 0.595. The van der Waals surface area contributed by atoms with Gasteiger partial charge in [-0.2, -0.15) is 0 Å². The smallest absolute Gasteiger partial charge is 0.123 e. The summed E-state index contributed by atoms with van der Waals surface area (Å²) < 4.78 is 20.7. The zero-order chi connectivity index (χ0) is 6.36. The van der Waals surface area contributed by atoms with Gasteiger partial charge in [-0.15, -0.1) is 0 Å². The molecule has 0 N–H and O–H groups in total. The van der Waals surface area contributed by atoms with E-state index in [1.165, 1.54) is 0 Å². The van der Waals surface area contributed by atoms with Crippen LogP contribution in [0.1, 0.15) is 16.9 Å². The molecule has 1 saturated carbocycles. The summed E-state index contributed by atoms with van der Waals surface area (Å²) in [7, 11) is 0. The molecule has 0 saturated heterocycles. The van der Waals surface area contributed by atoms with Crippen molar-refractivity contribution in [3.05, 3.63) is 0 Å². The Kier molecular flexibility index (Phi) is 0.174. The third-order valence-corrected chi connectivity index (χ3v) is 0.495. The van der Waals surface area contributed by atoms with Gasteiger partial charge >= 0.3 is 0 Å². The van der Waals surface area contributed by atoms with Gasteiger partial charge in [-0.05, 0) is 12.8 Å². The zero-order valence-corrected chi connectivity index (χ0v) is 2.64. The van der Waals surface area contributed by atoms with Crippen LogP contribution in [0.4, 0.5) is 0 Å². The van der Waals surface area contributed by atoms with Crippen LogP contribution in [0.25, 0.3) is 0 Å². The largest absolute Gasteiger partial charge is 0.303 e. The predicted molar refractivity (Wildman–Crippen MR) is 18.8 cm³/mol. The Labute approximate surface area is 35.2 Å². The summed E-state index contributed by atoms with van der Waals surface area (Å²) in [5.74, 6) is -1.39. The number of hydrogen-bond acceptors (Lipinski definition) is 1. The van der Waals surface area contributed by atoms with Gasteiger partial charge in [-0.25, -0.2) is 0 Å². The molecule has 0 heterocycles. The molecule has 1 rings (SSSR count). The van der Waals surface area contributed by atoms with Gasteiger partial charge < -0.3 is 4.79 Å². The Balaban J connectivity index is 2.63. The van der Waals surface area contributed by atoms with Gasteiger partial charge in [0.15, 0.2) is 0 Å². The Hall–Kier alpha value is -0.330. The van der Waals surface area contributed by atoms with E-state index < -0.39 is 18.7 Å². The molecule has 0 aliphatic heterocycles. The lowest BCUT2D eigenvalue weighted by atomic mass is 10.5. The first-order chi connectivity index (χ1) is 3.63. The highest BCUT2D eigenvalue weighted by atomic mass is 16.1. The average Bonchev–Trinajstić information content (AvgIpc) is 2.22. The molecule has 5 heavy (non-hydrogen) atoms. The molecule has 0 amide bonds. The number of hydrogen-bond donors (Lipinski definition) is 0. The summed E-state index contributed by atoms with van der Waals surface area (Å²) in [4.78, 5) is 9.88. The third-order valence-electron chi connectivity index (χ3n) is 0.495. The molecule has 0 bridgehead atoms. The average molecular weight is 73.1 g/mol. The van der Waals surface area contributed by atoms with Gasteiger partial charge in [0.25, 0.3) is 0 Å². The van der Waals surface area contributed by atoms with Crippen LogP contribution in [0.5, 0.6) is 0 Å². The highest BCUT2D eigenvalue weighted by Crippen LogP contribution is 2.25. The van der Waals surface area contributed by atoms with Gasteiger partial charge in [-0.1, -0.05) is 0 Å². The quantitative estimate of drug-likeness (QED) is 0.415. The first kappa shape index (κ1) is 1.07. The summed E-state index contributed by atoms with van der Waals surface area (Å²) in [5, 5.41) is 0. The standard InChI is InChI=1S/C4H6O/c5-3-4-1-2-4/h3-4H,1-2H2/i1D,2D,4D/t1-,2-/m1/s1. The SMILES string of the molecule is [2H][C@@H]1[C@@H]([2H])C1([2H])C=O. The van der Waals surface area contributed by atoms with Gasteiger partial charge in [0.2, 0.25) is 0 Å². The van der Waals surface area contributed by atoms with Gasteiger partial charge in [-0.3, -0.25) is 0 Å². The molecular formula is C4H6O. The lowest BCUT2D eigenvalue weighted by Gasteiger charge is -1.56. The topological polar surface area (TPSA) is 17.1 Å². The number of rotatable bonds is 1. The minimum absolute atomic E-state index is 0.377. The van der Waals surface area contributed by atoms with Crippen LogP contribution >= 0.6 is 0 Å². The van der Waals surface area contributed by atoms with Crippen LogP contribution in [-0.2, 0) is 4.79 Å². The number of aldehydes is 1. The molecule has 1 aliphatic rings. The van der Waals surface area contributed by atoms with Crippen molar-refractivity contribution in [2.45, 2.75) is 12.8 Å². The molecule has 2 atom stereocenters. The first-order valence-electron chi connectivity index (χ1n) is 3.09. The Morgan fingerprint density at radius 2 is 2.80 bits per heavy atom. The molecule has 0 spiro atoms. The van der Waals surface area contributed by atoms with Crippen LogP contribution in [0.15, 0.2) is 0 Å². The molecule has 0 radical (unpaired) electrons. The Morgan fingerprint density at radius 1 is 2.20 bits per heavy atom. The van der Waals surface area contributed by atoms with Crippen LogP contribution in [0, 0.1) is 5.89 Å². The lowest BCUT2D eigenvalue weighted by Crippen LogP contribution is -1.66. The molecule has 0 aromatic rings. The van der Waals surface area contributed by atoms with Crippen LogP contribution in [-0.4, -0.2) is 6.29 Å². The van der Waals surface area contributed by atoms with Crippen molar-refractivity contribution in [3.8, 4) is 0 Å². The fourth-order valence-electron chi connectivity index (χ4n) is 0.127. The molecule has 0 unspecified atom stereocenters. The normalized spacial score (nSPS) is 86.0. The fourth-order valence-corrected chi connectivity index (χ4v) is 0.127. The molecule has 1 heteroatoms. The van der Waals surface area contributed by atoms with Gasteiger partial charge in [0.05, 0.1) is 0 Å². The maximum absolute atomic E-state index is 9.88. The Morgan fingerprint density at radius 3 is 2.80 bits per heavy atom. The van der Waals surface area contributed by atoms with E-state index in [0.717, 1.165) is 0 Å². The fraction of sp³-hybridized carbons (Fsp3) is 0.750. The van der Waals surface area contributed by atoms with E-state index in [9.17, 15) is 4.79 Å². The van der Waals surface area contributed by atoms with Crippen LogP contribution in [0.3, 0.4) is 0 Å². The molecule has 0 aromatic carbocycles.